The Balaban J connectivity index is 1.20. The first-order valence-corrected chi connectivity index (χ1v) is 27.8. The maximum atomic E-state index is 9.30. The number of nitrogens with zero attached hydrogens (tertiary/aromatic N) is 3. The first kappa shape index (κ1) is 40.4. The van der Waals surface area contributed by atoms with Crippen molar-refractivity contribution in [1.29, 1.82) is 0 Å². The molecular formula is C72H68BN3OS. The van der Waals surface area contributed by atoms with Crippen molar-refractivity contribution in [3.05, 3.63) is 216 Å². The Morgan fingerprint density at radius 2 is 1.06 bits per heavy atom. The standard InChI is InChI=1S/C72H68BN3OS/c1-69(2,3)46-26-31-50(32-27-46)74(59-24-18-16-22-54(59)45-20-14-13-15-21-45)53-35-37-58-60(44-53)75(52-36-38-64-56(43-52)55-23-17-19-25-63(55)77-64)61-41-49(72(10,11)12)42-62-66(61)73(58)68-67(57-40-48(71(7,8)9)30-39-65(57)78-68)76(62)51-33-28-47(29-34-51)70(4,5)6/h13-44H,1-12H3/i10D3,11D3,12D3. The molecule has 78 heavy (non-hydrogen) atoms. The molecule has 4 nitrogen and oxygen atoms in total. The van der Waals surface area contributed by atoms with Crippen molar-refractivity contribution in [2.24, 2.45) is 0 Å². The maximum Gasteiger partial charge on any atom is 0.264 e. The first-order valence-electron chi connectivity index (χ1n) is 31.5. The number of furan rings is 1. The predicted octanol–water partition coefficient (Wildman–Crippen LogP) is 19.2. The van der Waals surface area contributed by atoms with Gasteiger partial charge in [-0.3, -0.25) is 0 Å². The topological polar surface area (TPSA) is 22.9 Å². The zero-order valence-corrected chi connectivity index (χ0v) is 46.5. The summed E-state index contributed by atoms with van der Waals surface area (Å²) in [5.41, 5.74) is 10.8. The summed E-state index contributed by atoms with van der Waals surface area (Å²) in [4.78, 5) is 6.52. The van der Waals surface area contributed by atoms with Crippen molar-refractivity contribution in [3.8, 4) is 11.1 Å². The lowest BCUT2D eigenvalue weighted by Gasteiger charge is -2.44. The molecule has 0 atom stereocenters. The quantitative estimate of drug-likeness (QED) is 0.155. The number of rotatable bonds is 6. The molecule has 0 saturated carbocycles. The van der Waals surface area contributed by atoms with Gasteiger partial charge in [-0.05, 0) is 151 Å². The second-order valence-corrected chi connectivity index (χ2v) is 25.5. The Hall–Kier alpha value is -7.80. The summed E-state index contributed by atoms with van der Waals surface area (Å²) in [5, 5.41) is 2.68. The molecular weight excluding hydrogens is 966 g/mol. The van der Waals surface area contributed by atoms with Crippen molar-refractivity contribution in [2.75, 3.05) is 14.7 Å². The Morgan fingerprint density at radius 3 is 1.77 bits per heavy atom. The molecule has 4 heterocycles. The Bertz CT molecular complexity index is 4470. The molecule has 0 radical (unpaired) electrons. The largest absolute Gasteiger partial charge is 0.456 e. The third-order valence-electron chi connectivity index (χ3n) is 16.0. The summed E-state index contributed by atoms with van der Waals surface area (Å²) in [7, 11) is 0. The average Bonchev–Trinajstić information content (AvgIpc) is 1.48. The normalized spacial score (nSPS) is 15.8. The van der Waals surface area contributed by atoms with Gasteiger partial charge in [-0.1, -0.05) is 186 Å². The number of hydrogen-bond acceptors (Lipinski definition) is 5. The van der Waals surface area contributed by atoms with E-state index in [9.17, 15) is 12.3 Å². The molecule has 2 aromatic heterocycles. The summed E-state index contributed by atoms with van der Waals surface area (Å²) < 4.78 is 92.3. The lowest BCUT2D eigenvalue weighted by Crippen LogP contribution is -2.60. The highest BCUT2D eigenvalue weighted by Crippen LogP contribution is 2.52. The minimum Gasteiger partial charge on any atom is -0.456 e. The fourth-order valence-corrected chi connectivity index (χ4v) is 13.2. The number of benzene rings is 9. The SMILES string of the molecule is [2H]C([2H])([2H])C(c1cc2c3c(c1)N(c1ccc(C(C)(C)C)cc1)c1c(sc4ccc(C(C)(C)C)cc14)B3c1ccc(N(c3ccc(C(C)(C)C)cc3)c3ccccc3-c3ccccc3)cc1N2c1ccc2oc3ccccc3c2c1)(C([2H])([2H])[2H])C([2H])([2H])[2H]. The zero-order chi connectivity index (χ0) is 61.7. The third-order valence-corrected chi connectivity index (χ3v) is 17.3. The van der Waals surface area contributed by atoms with Crippen molar-refractivity contribution < 1.29 is 16.8 Å². The van der Waals surface area contributed by atoms with E-state index in [1.54, 1.807) is 23.5 Å². The predicted molar refractivity (Wildman–Crippen MR) is 338 cm³/mol. The van der Waals surface area contributed by atoms with Crippen molar-refractivity contribution >= 4 is 117 Å². The van der Waals surface area contributed by atoms with Crippen LogP contribution in [0.3, 0.4) is 0 Å². The fourth-order valence-electron chi connectivity index (χ4n) is 11.9. The molecule has 2 aliphatic heterocycles. The van der Waals surface area contributed by atoms with Crippen LogP contribution in [0.5, 0.6) is 0 Å². The lowest BCUT2D eigenvalue weighted by molar-refractivity contribution is 0.590. The minimum absolute atomic E-state index is 0.119. The van der Waals surface area contributed by atoms with Gasteiger partial charge >= 0.3 is 0 Å². The molecule has 0 fully saturated rings. The smallest absolute Gasteiger partial charge is 0.264 e. The highest BCUT2D eigenvalue weighted by molar-refractivity contribution is 7.33. The van der Waals surface area contributed by atoms with Gasteiger partial charge in [0.25, 0.3) is 6.71 Å². The van der Waals surface area contributed by atoms with Gasteiger partial charge in [-0.25, -0.2) is 0 Å². The Morgan fingerprint density at radius 1 is 0.462 bits per heavy atom. The van der Waals surface area contributed by atoms with Gasteiger partial charge in [0.2, 0.25) is 0 Å². The minimum atomic E-state index is -3.58. The van der Waals surface area contributed by atoms with Crippen molar-refractivity contribution in [1.82, 2.24) is 0 Å². The lowest BCUT2D eigenvalue weighted by atomic mass is 9.36. The highest BCUT2D eigenvalue weighted by Gasteiger charge is 2.46. The number of fused-ring (bicyclic) bond motifs is 9. The zero-order valence-electron chi connectivity index (χ0n) is 54.7. The van der Waals surface area contributed by atoms with E-state index in [0.717, 1.165) is 92.9 Å². The van der Waals surface area contributed by atoms with Gasteiger partial charge in [-0.2, -0.15) is 0 Å². The van der Waals surface area contributed by atoms with Gasteiger partial charge in [0.05, 0.1) is 11.4 Å². The molecule has 9 aromatic carbocycles. The van der Waals surface area contributed by atoms with Crippen LogP contribution in [-0.4, -0.2) is 6.71 Å². The van der Waals surface area contributed by atoms with E-state index in [1.807, 2.05) is 54.6 Å². The molecule has 0 aliphatic carbocycles. The first-order chi connectivity index (χ1) is 41.0. The van der Waals surface area contributed by atoms with Crippen LogP contribution < -0.4 is 30.4 Å². The summed E-state index contributed by atoms with van der Waals surface area (Å²) in [6.07, 6.45) is 0. The van der Waals surface area contributed by atoms with E-state index in [2.05, 4.69) is 204 Å². The molecule has 13 rings (SSSR count). The van der Waals surface area contributed by atoms with Crippen molar-refractivity contribution in [2.45, 2.75) is 105 Å². The van der Waals surface area contributed by atoms with Crippen LogP contribution in [0, 0.1) is 0 Å². The summed E-state index contributed by atoms with van der Waals surface area (Å²) >= 11 is 1.71. The third kappa shape index (κ3) is 8.25. The monoisotopic (exact) mass is 1040 g/mol. The summed E-state index contributed by atoms with van der Waals surface area (Å²) in [6.45, 7) is 8.42. The van der Waals surface area contributed by atoms with Crippen LogP contribution in [0.15, 0.2) is 199 Å². The van der Waals surface area contributed by atoms with E-state index in [0.29, 0.717) is 28.2 Å². The molecule has 0 bridgehead atoms. The van der Waals surface area contributed by atoms with E-state index in [-0.39, 0.29) is 21.8 Å². The molecule has 2 aliphatic rings. The summed E-state index contributed by atoms with van der Waals surface area (Å²) in [6, 6.07) is 66.0. The van der Waals surface area contributed by atoms with Crippen LogP contribution in [0.1, 0.15) is 117 Å². The highest BCUT2D eigenvalue weighted by atomic mass is 32.1. The van der Waals surface area contributed by atoms with Crippen LogP contribution in [0.4, 0.5) is 51.2 Å². The van der Waals surface area contributed by atoms with Gasteiger partial charge in [0.15, 0.2) is 0 Å². The Labute approximate surface area is 478 Å². The van der Waals surface area contributed by atoms with Crippen LogP contribution in [-0.2, 0) is 21.7 Å². The molecule has 0 spiro atoms. The van der Waals surface area contributed by atoms with E-state index in [4.69, 9.17) is 4.42 Å². The van der Waals surface area contributed by atoms with Gasteiger partial charge in [0, 0.05) is 83.3 Å². The van der Waals surface area contributed by atoms with Crippen molar-refractivity contribution in [3.63, 3.8) is 0 Å². The van der Waals surface area contributed by atoms with Crippen LogP contribution in [0.2, 0.25) is 0 Å². The van der Waals surface area contributed by atoms with Gasteiger partial charge < -0.3 is 19.1 Å². The second-order valence-electron chi connectivity index (χ2n) is 24.4. The van der Waals surface area contributed by atoms with E-state index >= 15 is 0 Å². The molecule has 386 valence electrons. The van der Waals surface area contributed by atoms with Crippen LogP contribution in [0.25, 0.3) is 43.2 Å². The molecule has 6 heteroatoms. The molecule has 11 aromatic rings. The van der Waals surface area contributed by atoms with Gasteiger partial charge in [-0.15, -0.1) is 11.3 Å². The number of anilines is 9. The second kappa shape index (κ2) is 17.9. The molecule has 0 amide bonds. The molecule has 0 N–H and O–H groups in total. The maximum absolute atomic E-state index is 9.30. The van der Waals surface area contributed by atoms with E-state index in [1.165, 1.54) is 5.56 Å². The Kier molecular flexibility index (Phi) is 9.26. The number of hydrogen-bond donors (Lipinski definition) is 0. The van der Waals surface area contributed by atoms with E-state index < -0.39 is 32.7 Å². The molecule has 0 saturated heterocycles. The van der Waals surface area contributed by atoms with Gasteiger partial charge in [0.1, 0.15) is 11.2 Å². The number of thiophene rings is 1. The number of para-hydroxylation sites is 2. The summed E-state index contributed by atoms with van der Waals surface area (Å²) in [5.74, 6) is 0. The average molecular weight is 1040 g/mol. The fraction of sp³-hybridized carbons (Fsp3) is 0.222. The molecule has 0 unspecified atom stereocenters. The van der Waals surface area contributed by atoms with Crippen LogP contribution >= 0.6 is 11.3 Å².